The van der Waals surface area contributed by atoms with Crippen LogP contribution in [0, 0.1) is 0 Å². The van der Waals surface area contributed by atoms with Crippen LogP contribution in [0.15, 0.2) is 11.6 Å². The molecule has 2 nitrogen and oxygen atoms in total. The first-order valence-corrected chi connectivity index (χ1v) is 3.89. The minimum absolute atomic E-state index is 0.768. The second-order valence-corrected chi connectivity index (χ2v) is 2.55. The van der Waals surface area contributed by atoms with Crippen molar-refractivity contribution >= 4 is 0 Å². The Morgan fingerprint density at radius 1 is 1.40 bits per heavy atom. The van der Waals surface area contributed by atoms with E-state index in [1.165, 1.54) is 5.57 Å². The summed E-state index contributed by atoms with van der Waals surface area (Å²) in [6.07, 6.45) is 5.50. The normalized spacial score (nSPS) is 19.1. The molecule has 0 amide bonds. The van der Waals surface area contributed by atoms with Crippen molar-refractivity contribution in [1.82, 2.24) is 0 Å². The highest BCUT2D eigenvalue weighted by Crippen LogP contribution is 2.13. The maximum Gasteiger partial charge on any atom is 0.0503 e. The summed E-state index contributed by atoms with van der Waals surface area (Å²) in [5.41, 5.74) is 6.89. The molecular formula is C8H15NO. The highest BCUT2D eigenvalue weighted by molar-refractivity contribution is 5.03. The molecule has 0 unspecified atom stereocenters. The Kier molecular flexibility index (Phi) is 3.47. The fourth-order valence-corrected chi connectivity index (χ4v) is 1.13. The van der Waals surface area contributed by atoms with Crippen molar-refractivity contribution in [3.63, 3.8) is 0 Å². The number of nitrogens with two attached hydrogens (primary N) is 1. The van der Waals surface area contributed by atoms with Gasteiger partial charge in [0.25, 0.3) is 0 Å². The fraction of sp³-hybridized carbons (Fsp3) is 0.750. The second kappa shape index (κ2) is 4.47. The number of ether oxygens (including phenoxy) is 1. The number of hydrogen-bond donors (Lipinski definition) is 1. The molecule has 0 atom stereocenters. The summed E-state index contributed by atoms with van der Waals surface area (Å²) in [5, 5.41) is 0. The average Bonchev–Trinajstić information content (AvgIpc) is 2.03. The van der Waals surface area contributed by atoms with Crippen LogP contribution in [0.25, 0.3) is 0 Å². The van der Waals surface area contributed by atoms with Gasteiger partial charge in [0.15, 0.2) is 0 Å². The van der Waals surface area contributed by atoms with Gasteiger partial charge in [0.05, 0.1) is 13.2 Å². The third kappa shape index (κ3) is 2.50. The van der Waals surface area contributed by atoms with Gasteiger partial charge in [0, 0.05) is 0 Å². The largest absolute Gasteiger partial charge is 0.381 e. The zero-order chi connectivity index (χ0) is 7.23. The van der Waals surface area contributed by atoms with E-state index >= 15 is 0 Å². The van der Waals surface area contributed by atoms with E-state index in [9.17, 15) is 0 Å². The summed E-state index contributed by atoms with van der Waals surface area (Å²) in [6.45, 7) is 2.57. The Morgan fingerprint density at radius 2 is 2.10 bits per heavy atom. The van der Waals surface area contributed by atoms with Crippen LogP contribution in [0.3, 0.4) is 0 Å². The van der Waals surface area contributed by atoms with Gasteiger partial charge in [-0.3, -0.25) is 0 Å². The summed E-state index contributed by atoms with van der Waals surface area (Å²) in [7, 11) is 0. The van der Waals surface area contributed by atoms with E-state index in [-0.39, 0.29) is 0 Å². The van der Waals surface area contributed by atoms with Crippen molar-refractivity contribution in [1.29, 1.82) is 0 Å². The number of rotatable bonds is 2. The lowest BCUT2D eigenvalue weighted by Gasteiger charge is -2.14. The lowest BCUT2D eigenvalue weighted by atomic mass is 10.1. The molecule has 1 aliphatic heterocycles. The molecule has 10 heavy (non-hydrogen) atoms. The molecule has 1 saturated heterocycles. The smallest absolute Gasteiger partial charge is 0.0503 e. The van der Waals surface area contributed by atoms with Gasteiger partial charge in [-0.25, -0.2) is 0 Å². The molecular weight excluding hydrogens is 126 g/mol. The molecule has 0 aliphatic carbocycles. The standard InChI is InChI=1S/C8H15NO/c9-5-1-2-8-3-6-10-7-4-8/h2H,1,3-7,9H2. The van der Waals surface area contributed by atoms with Crippen molar-refractivity contribution in [3.8, 4) is 0 Å². The maximum atomic E-state index is 5.37. The lowest BCUT2D eigenvalue weighted by Crippen LogP contribution is -2.07. The molecule has 2 N–H and O–H groups in total. The summed E-state index contributed by atoms with van der Waals surface area (Å²) < 4.78 is 5.21. The SMILES string of the molecule is NCCC=C1CCOCC1. The van der Waals surface area contributed by atoms with Gasteiger partial charge in [-0.15, -0.1) is 0 Å². The first-order chi connectivity index (χ1) is 4.93. The molecule has 0 saturated carbocycles. The molecule has 1 heterocycles. The molecule has 0 aromatic heterocycles. The zero-order valence-corrected chi connectivity index (χ0v) is 6.31. The van der Waals surface area contributed by atoms with Crippen LogP contribution in [0.4, 0.5) is 0 Å². The Labute approximate surface area is 62.1 Å². The molecule has 0 aromatic rings. The van der Waals surface area contributed by atoms with Gasteiger partial charge < -0.3 is 10.5 Å². The van der Waals surface area contributed by atoms with E-state index in [0.717, 1.165) is 39.0 Å². The molecule has 0 aromatic carbocycles. The molecule has 0 bridgehead atoms. The van der Waals surface area contributed by atoms with Crippen molar-refractivity contribution in [3.05, 3.63) is 11.6 Å². The minimum Gasteiger partial charge on any atom is -0.381 e. The predicted molar refractivity (Wildman–Crippen MR) is 41.8 cm³/mol. The van der Waals surface area contributed by atoms with Crippen molar-refractivity contribution in [2.75, 3.05) is 19.8 Å². The zero-order valence-electron chi connectivity index (χ0n) is 6.31. The Morgan fingerprint density at radius 3 is 2.70 bits per heavy atom. The van der Waals surface area contributed by atoms with Gasteiger partial charge in [-0.2, -0.15) is 0 Å². The second-order valence-electron chi connectivity index (χ2n) is 2.55. The third-order valence-corrected chi connectivity index (χ3v) is 1.73. The third-order valence-electron chi connectivity index (χ3n) is 1.73. The van der Waals surface area contributed by atoms with Crippen molar-refractivity contribution < 1.29 is 4.74 Å². The van der Waals surface area contributed by atoms with Gasteiger partial charge in [-0.05, 0) is 25.8 Å². The van der Waals surface area contributed by atoms with E-state index in [4.69, 9.17) is 10.5 Å². The quantitative estimate of drug-likeness (QED) is 0.584. The van der Waals surface area contributed by atoms with Crippen LogP contribution >= 0.6 is 0 Å². The van der Waals surface area contributed by atoms with Gasteiger partial charge in [0.1, 0.15) is 0 Å². The summed E-state index contributed by atoms with van der Waals surface area (Å²) in [6, 6.07) is 0. The minimum atomic E-state index is 0.768. The van der Waals surface area contributed by atoms with Crippen LogP contribution < -0.4 is 5.73 Å². The van der Waals surface area contributed by atoms with E-state index in [1.807, 2.05) is 0 Å². The van der Waals surface area contributed by atoms with E-state index < -0.39 is 0 Å². The van der Waals surface area contributed by atoms with Crippen LogP contribution in [0.1, 0.15) is 19.3 Å². The van der Waals surface area contributed by atoms with E-state index in [0.29, 0.717) is 0 Å². The summed E-state index contributed by atoms with van der Waals surface area (Å²) in [5.74, 6) is 0. The van der Waals surface area contributed by atoms with Crippen molar-refractivity contribution in [2.45, 2.75) is 19.3 Å². The maximum absolute atomic E-state index is 5.37. The predicted octanol–water partition coefficient (Wildman–Crippen LogP) is 1.07. The molecule has 0 spiro atoms. The van der Waals surface area contributed by atoms with E-state index in [1.54, 1.807) is 0 Å². The van der Waals surface area contributed by atoms with Gasteiger partial charge >= 0.3 is 0 Å². The van der Waals surface area contributed by atoms with Gasteiger partial charge in [0.2, 0.25) is 0 Å². The van der Waals surface area contributed by atoms with E-state index in [2.05, 4.69) is 6.08 Å². The van der Waals surface area contributed by atoms with Crippen LogP contribution in [0.2, 0.25) is 0 Å². The summed E-state index contributed by atoms with van der Waals surface area (Å²) in [4.78, 5) is 0. The topological polar surface area (TPSA) is 35.2 Å². The molecule has 0 radical (unpaired) electrons. The monoisotopic (exact) mass is 141 g/mol. The lowest BCUT2D eigenvalue weighted by molar-refractivity contribution is 0.119. The first-order valence-electron chi connectivity index (χ1n) is 3.89. The molecule has 1 rings (SSSR count). The van der Waals surface area contributed by atoms with Gasteiger partial charge in [-0.1, -0.05) is 11.6 Å². The highest BCUT2D eigenvalue weighted by atomic mass is 16.5. The Balaban J connectivity index is 2.23. The van der Waals surface area contributed by atoms with Crippen LogP contribution in [-0.2, 0) is 4.74 Å². The van der Waals surface area contributed by atoms with Crippen molar-refractivity contribution in [2.24, 2.45) is 5.73 Å². The number of hydrogen-bond acceptors (Lipinski definition) is 2. The molecule has 1 aliphatic rings. The molecule has 58 valence electrons. The first kappa shape index (κ1) is 7.76. The average molecular weight is 141 g/mol. The summed E-state index contributed by atoms with van der Waals surface area (Å²) >= 11 is 0. The molecule has 2 heteroatoms. The fourth-order valence-electron chi connectivity index (χ4n) is 1.13. The van der Waals surface area contributed by atoms with Crippen LogP contribution in [0.5, 0.6) is 0 Å². The van der Waals surface area contributed by atoms with Crippen LogP contribution in [-0.4, -0.2) is 19.8 Å². The Hall–Kier alpha value is -0.340. The Bertz CT molecular complexity index is 112. The molecule has 1 fully saturated rings. The highest BCUT2D eigenvalue weighted by Gasteiger charge is 2.03.